The molecule has 4 rings (SSSR count). The van der Waals surface area contributed by atoms with Gasteiger partial charge in [-0.1, -0.05) is 30.3 Å². The van der Waals surface area contributed by atoms with Crippen LogP contribution in [0.4, 0.5) is 10.6 Å². The highest BCUT2D eigenvalue weighted by molar-refractivity contribution is 14.1. The first-order valence-electron chi connectivity index (χ1n) is 8.98. The molecule has 1 aliphatic carbocycles. The number of hydrogen-bond acceptors (Lipinski definition) is 4. The quantitative estimate of drug-likeness (QED) is 0.393. The molecular formula is C19H21ClIN5O. The molecule has 1 N–H and O–H groups in total. The molecule has 0 bridgehead atoms. The number of hydrogen-bond donors (Lipinski definition) is 1. The number of nitrogens with one attached hydrogen (secondary N) is 1. The molecule has 0 atom stereocenters. The number of carbonyl (C=O) groups excluding carboxylic acids is 1. The van der Waals surface area contributed by atoms with E-state index in [2.05, 4.69) is 78.6 Å². The number of nitrogens with zero attached hydrogens (tertiary/aromatic N) is 4. The summed E-state index contributed by atoms with van der Waals surface area (Å²) < 4.78 is 2.30. The number of aromatic nitrogens is 2. The molecule has 6 nitrogen and oxygen atoms in total. The van der Waals surface area contributed by atoms with Gasteiger partial charge in [-0.3, -0.25) is 4.90 Å². The summed E-state index contributed by atoms with van der Waals surface area (Å²) in [6.07, 6.45) is 5.37. The van der Waals surface area contributed by atoms with Crippen LogP contribution in [0.3, 0.4) is 0 Å². The Kier molecular flexibility index (Phi) is 5.02. The number of carbonyl (C=O) groups is 1. The summed E-state index contributed by atoms with van der Waals surface area (Å²) in [6.45, 7) is 0.606. The summed E-state index contributed by atoms with van der Waals surface area (Å²) in [6, 6.07) is 12.3. The molecule has 1 spiro atoms. The highest BCUT2D eigenvalue weighted by Gasteiger charge is 2.50. The van der Waals surface area contributed by atoms with Gasteiger partial charge in [0, 0.05) is 29.1 Å². The first kappa shape index (κ1) is 18.9. The average molecular weight is 498 g/mol. The summed E-state index contributed by atoms with van der Waals surface area (Å²) >= 11 is 8.30. The van der Waals surface area contributed by atoms with Crippen molar-refractivity contribution in [1.29, 1.82) is 0 Å². The first-order chi connectivity index (χ1) is 12.9. The van der Waals surface area contributed by atoms with Gasteiger partial charge in [-0.2, -0.15) is 0 Å². The van der Waals surface area contributed by atoms with E-state index in [0.717, 1.165) is 25.7 Å². The molecule has 2 aromatic rings. The van der Waals surface area contributed by atoms with E-state index >= 15 is 0 Å². The Morgan fingerprint density at radius 3 is 2.52 bits per heavy atom. The lowest BCUT2D eigenvalue weighted by atomic mass is 9.69. The van der Waals surface area contributed by atoms with Crippen molar-refractivity contribution in [2.45, 2.75) is 36.8 Å². The molecule has 8 heteroatoms. The van der Waals surface area contributed by atoms with Crippen LogP contribution in [0.25, 0.3) is 0 Å². The fraction of sp³-hybridized carbons (Fsp3) is 0.421. The van der Waals surface area contributed by atoms with Crippen LogP contribution in [-0.4, -0.2) is 38.2 Å². The molecule has 0 unspecified atom stereocenters. The zero-order valence-corrected chi connectivity index (χ0v) is 17.9. The minimum Gasteiger partial charge on any atom is -0.330 e. The topological polar surface area (TPSA) is 61.4 Å². The van der Waals surface area contributed by atoms with Crippen LogP contribution in [0, 0.1) is 0 Å². The Labute approximate surface area is 177 Å². The van der Waals surface area contributed by atoms with Gasteiger partial charge in [-0.25, -0.2) is 17.9 Å². The third-order valence-electron chi connectivity index (χ3n) is 5.90. The number of anilines is 1. The molecule has 2 amide bonds. The molecule has 2 aliphatic rings. The lowest BCUT2D eigenvalue weighted by Crippen LogP contribution is -2.52. The summed E-state index contributed by atoms with van der Waals surface area (Å²) in [4.78, 5) is 22.4. The number of rotatable bonds is 3. The summed E-state index contributed by atoms with van der Waals surface area (Å²) in [5.41, 5.74) is 1.10. The summed E-state index contributed by atoms with van der Waals surface area (Å²) in [5, 5.41) is 3.38. The minimum atomic E-state index is -0.223. The molecule has 2 fully saturated rings. The zero-order chi connectivity index (χ0) is 19.1. The normalized spacial score (nSPS) is 28.0. The second-order valence-corrected chi connectivity index (χ2v) is 9.14. The third kappa shape index (κ3) is 3.40. The fourth-order valence-electron chi connectivity index (χ4n) is 4.32. The van der Waals surface area contributed by atoms with Crippen molar-refractivity contribution in [3.8, 4) is 0 Å². The maximum absolute atomic E-state index is 12.6. The maximum atomic E-state index is 12.6. The monoisotopic (exact) mass is 497 g/mol. The predicted molar refractivity (Wildman–Crippen MR) is 114 cm³/mol. The van der Waals surface area contributed by atoms with Crippen LogP contribution in [-0.2, 0) is 5.54 Å². The lowest BCUT2D eigenvalue weighted by Gasteiger charge is -2.47. The maximum Gasteiger partial charge on any atom is 0.323 e. The lowest BCUT2D eigenvalue weighted by molar-refractivity contribution is 0.124. The Morgan fingerprint density at radius 2 is 1.89 bits per heavy atom. The van der Waals surface area contributed by atoms with E-state index in [-0.39, 0.29) is 22.4 Å². The molecule has 1 saturated heterocycles. The van der Waals surface area contributed by atoms with Gasteiger partial charge in [0.15, 0.2) is 0 Å². The number of urea groups is 1. The molecule has 1 aliphatic heterocycles. The molecule has 1 saturated carbocycles. The molecule has 27 heavy (non-hydrogen) atoms. The van der Waals surface area contributed by atoms with Crippen LogP contribution in [0.1, 0.15) is 31.2 Å². The molecule has 0 radical (unpaired) electrons. The Hall–Kier alpha value is -1.45. The SMILES string of the molecule is CN(I)[C@]1(c2ccccc2)CC[C@]2(CC1)CN(c1ccnc(Cl)n1)C(=O)N2. The Morgan fingerprint density at radius 1 is 1.19 bits per heavy atom. The number of halogens is 2. The van der Waals surface area contributed by atoms with Gasteiger partial charge in [0.2, 0.25) is 5.28 Å². The second-order valence-electron chi connectivity index (χ2n) is 7.36. The average Bonchev–Trinajstić information content (AvgIpc) is 2.99. The van der Waals surface area contributed by atoms with Crippen LogP contribution in [0.2, 0.25) is 5.28 Å². The van der Waals surface area contributed by atoms with Crippen LogP contribution in [0.15, 0.2) is 42.6 Å². The zero-order valence-electron chi connectivity index (χ0n) is 15.0. The summed E-state index contributed by atoms with van der Waals surface area (Å²) in [7, 11) is 2.13. The Bertz CT molecular complexity index is 839. The van der Waals surface area contributed by atoms with Gasteiger partial charge in [0.05, 0.1) is 17.6 Å². The second kappa shape index (κ2) is 7.18. The number of benzene rings is 1. The van der Waals surface area contributed by atoms with Gasteiger partial charge in [0.25, 0.3) is 0 Å². The van der Waals surface area contributed by atoms with E-state index < -0.39 is 0 Å². The van der Waals surface area contributed by atoms with E-state index in [4.69, 9.17) is 11.6 Å². The minimum absolute atomic E-state index is 0.0105. The van der Waals surface area contributed by atoms with E-state index in [1.165, 1.54) is 5.56 Å². The van der Waals surface area contributed by atoms with Crippen molar-refractivity contribution >= 4 is 46.3 Å². The van der Waals surface area contributed by atoms with Gasteiger partial charge >= 0.3 is 6.03 Å². The van der Waals surface area contributed by atoms with Crippen molar-refractivity contribution in [2.75, 3.05) is 18.5 Å². The van der Waals surface area contributed by atoms with Gasteiger partial charge in [-0.15, -0.1) is 0 Å². The van der Waals surface area contributed by atoms with Crippen LogP contribution < -0.4 is 10.2 Å². The molecular weight excluding hydrogens is 477 g/mol. The predicted octanol–water partition coefficient (Wildman–Crippen LogP) is 4.15. The largest absolute Gasteiger partial charge is 0.330 e. The Balaban J connectivity index is 1.55. The van der Waals surface area contributed by atoms with E-state index in [1.807, 2.05) is 0 Å². The van der Waals surface area contributed by atoms with Gasteiger partial charge in [-0.05, 0) is 56.0 Å². The molecule has 142 valence electrons. The van der Waals surface area contributed by atoms with Crippen molar-refractivity contribution in [3.05, 3.63) is 53.4 Å². The number of amides is 2. The van der Waals surface area contributed by atoms with Gasteiger partial charge in [0.1, 0.15) is 5.82 Å². The van der Waals surface area contributed by atoms with E-state index in [0.29, 0.717) is 12.4 Å². The van der Waals surface area contributed by atoms with Crippen molar-refractivity contribution < 1.29 is 4.79 Å². The highest BCUT2D eigenvalue weighted by atomic mass is 127. The summed E-state index contributed by atoms with van der Waals surface area (Å²) in [5.74, 6) is 0.551. The first-order valence-corrected chi connectivity index (χ1v) is 10.3. The van der Waals surface area contributed by atoms with Crippen LogP contribution >= 0.6 is 34.5 Å². The third-order valence-corrected chi connectivity index (χ3v) is 7.01. The van der Waals surface area contributed by atoms with E-state index in [1.54, 1.807) is 17.2 Å². The van der Waals surface area contributed by atoms with Crippen molar-refractivity contribution in [1.82, 2.24) is 18.4 Å². The fourth-order valence-corrected chi connectivity index (χ4v) is 5.22. The highest BCUT2D eigenvalue weighted by Crippen LogP contribution is 2.47. The van der Waals surface area contributed by atoms with Crippen molar-refractivity contribution in [3.63, 3.8) is 0 Å². The smallest absolute Gasteiger partial charge is 0.323 e. The van der Waals surface area contributed by atoms with Crippen molar-refractivity contribution in [2.24, 2.45) is 0 Å². The van der Waals surface area contributed by atoms with Crippen LogP contribution in [0.5, 0.6) is 0 Å². The van der Waals surface area contributed by atoms with Gasteiger partial charge < -0.3 is 5.32 Å². The standard InChI is InChI=1S/C19H21ClIN5O/c1-25(21)19(14-5-3-2-4-6-14)10-8-18(9-11-19)13-26(17(27)24-18)15-7-12-22-16(20)23-15/h2-7,12H,8-11,13H2,1H3,(H,24,27)/t18-,19+. The molecule has 1 aromatic heterocycles. The molecule has 1 aromatic carbocycles. The van der Waals surface area contributed by atoms with E-state index in [9.17, 15) is 4.79 Å². The molecule has 2 heterocycles.